The fraction of sp³-hybridized carbons (Fsp3) is 0.533. The molecule has 7 heteroatoms. The topological polar surface area (TPSA) is 101 Å². The van der Waals surface area contributed by atoms with Crippen molar-refractivity contribution in [3.63, 3.8) is 0 Å². The zero-order valence-corrected chi connectivity index (χ0v) is 13.4. The van der Waals surface area contributed by atoms with Crippen molar-refractivity contribution < 1.29 is 19.4 Å². The summed E-state index contributed by atoms with van der Waals surface area (Å²) in [6.07, 6.45) is 0.214. The molecule has 0 bridgehead atoms. The molecular formula is C15H23N3O4. The van der Waals surface area contributed by atoms with Gasteiger partial charge < -0.3 is 20.5 Å². The lowest BCUT2D eigenvalue weighted by Gasteiger charge is -2.19. The highest BCUT2D eigenvalue weighted by molar-refractivity contribution is 5.88. The van der Waals surface area contributed by atoms with Gasteiger partial charge in [-0.3, -0.25) is 0 Å². The van der Waals surface area contributed by atoms with Crippen LogP contribution in [0.15, 0.2) is 12.1 Å². The minimum Gasteiger partial charge on any atom is -0.478 e. The van der Waals surface area contributed by atoms with Crippen molar-refractivity contribution in [3.05, 3.63) is 23.4 Å². The van der Waals surface area contributed by atoms with E-state index in [-0.39, 0.29) is 5.56 Å². The van der Waals surface area contributed by atoms with Gasteiger partial charge in [-0.05, 0) is 46.2 Å². The molecule has 0 saturated carbocycles. The lowest BCUT2D eigenvalue weighted by atomic mass is 10.2. The monoisotopic (exact) mass is 309 g/mol. The fourth-order valence-electron chi connectivity index (χ4n) is 1.69. The lowest BCUT2D eigenvalue weighted by molar-refractivity contribution is 0.0527. The highest BCUT2D eigenvalue weighted by atomic mass is 16.6. The summed E-state index contributed by atoms with van der Waals surface area (Å²) in [6, 6.07) is 2.99. The van der Waals surface area contributed by atoms with Gasteiger partial charge in [0.2, 0.25) is 0 Å². The molecule has 0 spiro atoms. The molecule has 0 saturated heterocycles. The Hall–Kier alpha value is -2.31. The van der Waals surface area contributed by atoms with Gasteiger partial charge in [-0.2, -0.15) is 0 Å². The summed E-state index contributed by atoms with van der Waals surface area (Å²) < 4.78 is 5.11. The number of carbonyl (C=O) groups excluding carboxylic acids is 1. The summed E-state index contributed by atoms with van der Waals surface area (Å²) in [5, 5.41) is 14.7. The largest absolute Gasteiger partial charge is 0.478 e. The number of aromatic carboxylic acids is 1. The van der Waals surface area contributed by atoms with Crippen LogP contribution in [0.4, 0.5) is 10.6 Å². The van der Waals surface area contributed by atoms with Crippen LogP contribution >= 0.6 is 0 Å². The highest BCUT2D eigenvalue weighted by Crippen LogP contribution is 2.10. The number of nitrogens with zero attached hydrogens (tertiary/aromatic N) is 1. The SMILES string of the molecule is Cc1cc(C(=O)O)cc(NCCCNC(=O)OC(C)(C)C)n1. The highest BCUT2D eigenvalue weighted by Gasteiger charge is 2.15. The number of pyridine rings is 1. The van der Waals surface area contributed by atoms with Crippen LogP contribution in [0.25, 0.3) is 0 Å². The Bertz CT molecular complexity index is 538. The first kappa shape index (κ1) is 17.7. The van der Waals surface area contributed by atoms with Gasteiger partial charge in [0.1, 0.15) is 11.4 Å². The van der Waals surface area contributed by atoms with E-state index in [1.54, 1.807) is 27.7 Å². The number of carbonyl (C=O) groups is 2. The van der Waals surface area contributed by atoms with Crippen LogP contribution in [-0.4, -0.2) is 40.8 Å². The first-order valence-corrected chi connectivity index (χ1v) is 7.10. The van der Waals surface area contributed by atoms with Crippen LogP contribution in [0.2, 0.25) is 0 Å². The second-order valence-corrected chi connectivity index (χ2v) is 5.90. The molecule has 1 heterocycles. The smallest absolute Gasteiger partial charge is 0.407 e. The van der Waals surface area contributed by atoms with E-state index in [0.717, 1.165) is 0 Å². The number of anilines is 1. The van der Waals surface area contributed by atoms with Crippen molar-refractivity contribution in [2.45, 2.75) is 39.7 Å². The summed E-state index contributed by atoms with van der Waals surface area (Å²) in [5.74, 6) is -0.477. The minimum atomic E-state index is -0.986. The number of ether oxygens (including phenoxy) is 1. The number of hydrogen-bond donors (Lipinski definition) is 3. The molecular weight excluding hydrogens is 286 g/mol. The summed E-state index contributed by atoms with van der Waals surface area (Å²) in [5.41, 5.74) is 0.317. The van der Waals surface area contributed by atoms with Gasteiger partial charge in [-0.1, -0.05) is 0 Å². The van der Waals surface area contributed by atoms with E-state index in [9.17, 15) is 9.59 Å². The maximum atomic E-state index is 11.4. The third-order valence-corrected chi connectivity index (χ3v) is 2.53. The number of aryl methyl sites for hydroxylation is 1. The van der Waals surface area contributed by atoms with Crippen molar-refractivity contribution in [2.24, 2.45) is 0 Å². The predicted octanol–water partition coefficient (Wildman–Crippen LogP) is 2.41. The lowest BCUT2D eigenvalue weighted by Crippen LogP contribution is -2.33. The van der Waals surface area contributed by atoms with Crippen molar-refractivity contribution in [1.82, 2.24) is 10.3 Å². The summed E-state index contributed by atoms with van der Waals surface area (Å²) in [4.78, 5) is 26.6. The quantitative estimate of drug-likeness (QED) is 0.698. The van der Waals surface area contributed by atoms with Crippen LogP contribution in [0.5, 0.6) is 0 Å². The van der Waals surface area contributed by atoms with E-state index in [1.165, 1.54) is 12.1 Å². The number of nitrogens with one attached hydrogen (secondary N) is 2. The van der Waals surface area contributed by atoms with E-state index in [4.69, 9.17) is 9.84 Å². The Morgan fingerprint density at radius 3 is 2.55 bits per heavy atom. The first-order valence-electron chi connectivity index (χ1n) is 7.10. The molecule has 22 heavy (non-hydrogen) atoms. The Morgan fingerprint density at radius 2 is 1.95 bits per heavy atom. The van der Waals surface area contributed by atoms with Gasteiger partial charge in [0.05, 0.1) is 5.56 Å². The van der Waals surface area contributed by atoms with Crippen LogP contribution in [0.1, 0.15) is 43.2 Å². The second kappa shape index (κ2) is 7.63. The molecule has 0 atom stereocenters. The average molecular weight is 309 g/mol. The Kier molecular flexibility index (Phi) is 6.15. The molecule has 0 aromatic carbocycles. The maximum Gasteiger partial charge on any atom is 0.407 e. The Labute approximate surface area is 130 Å². The third kappa shape index (κ3) is 6.92. The summed E-state index contributed by atoms with van der Waals surface area (Å²) in [6.45, 7) is 8.17. The molecule has 1 rings (SSSR count). The van der Waals surface area contributed by atoms with Crippen LogP contribution in [0.3, 0.4) is 0 Å². The van der Waals surface area contributed by atoms with E-state index < -0.39 is 17.7 Å². The molecule has 122 valence electrons. The molecule has 0 unspecified atom stereocenters. The Morgan fingerprint density at radius 1 is 1.27 bits per heavy atom. The predicted molar refractivity (Wildman–Crippen MR) is 83.3 cm³/mol. The zero-order chi connectivity index (χ0) is 16.8. The number of aromatic nitrogens is 1. The van der Waals surface area contributed by atoms with Gasteiger partial charge in [-0.25, -0.2) is 14.6 Å². The zero-order valence-electron chi connectivity index (χ0n) is 13.4. The number of rotatable bonds is 6. The molecule has 0 radical (unpaired) electrons. The van der Waals surface area contributed by atoms with E-state index in [0.29, 0.717) is 31.0 Å². The van der Waals surface area contributed by atoms with Crippen molar-refractivity contribution >= 4 is 17.9 Å². The molecule has 1 amide bonds. The number of alkyl carbamates (subject to hydrolysis) is 1. The summed E-state index contributed by atoms with van der Waals surface area (Å²) in [7, 11) is 0. The molecule has 0 aliphatic carbocycles. The van der Waals surface area contributed by atoms with E-state index >= 15 is 0 Å². The number of carboxylic acids is 1. The van der Waals surface area contributed by atoms with Crippen LogP contribution in [0, 0.1) is 6.92 Å². The summed E-state index contributed by atoms with van der Waals surface area (Å²) >= 11 is 0. The number of hydrogen-bond acceptors (Lipinski definition) is 5. The molecule has 7 nitrogen and oxygen atoms in total. The molecule has 0 fully saturated rings. The minimum absolute atomic E-state index is 0.196. The average Bonchev–Trinajstić information content (AvgIpc) is 2.35. The van der Waals surface area contributed by atoms with Crippen LogP contribution < -0.4 is 10.6 Å². The van der Waals surface area contributed by atoms with Crippen molar-refractivity contribution in [2.75, 3.05) is 18.4 Å². The molecule has 1 aromatic heterocycles. The Balaban J connectivity index is 2.33. The second-order valence-electron chi connectivity index (χ2n) is 5.90. The van der Waals surface area contributed by atoms with Crippen molar-refractivity contribution in [3.8, 4) is 0 Å². The van der Waals surface area contributed by atoms with Crippen molar-refractivity contribution in [1.29, 1.82) is 0 Å². The molecule has 0 aliphatic heterocycles. The standard InChI is InChI=1S/C15H23N3O4/c1-10-8-11(13(19)20)9-12(18-10)16-6-5-7-17-14(21)22-15(2,3)4/h8-9H,5-7H2,1-4H3,(H,16,18)(H,17,21)(H,19,20). The van der Waals surface area contributed by atoms with Crippen LogP contribution in [-0.2, 0) is 4.74 Å². The number of amides is 1. The maximum absolute atomic E-state index is 11.4. The molecule has 1 aromatic rings. The van der Waals surface area contributed by atoms with Gasteiger partial charge >= 0.3 is 12.1 Å². The number of carboxylic acid groups (broad SMARTS) is 1. The fourth-order valence-corrected chi connectivity index (χ4v) is 1.69. The van der Waals surface area contributed by atoms with Gasteiger partial charge in [-0.15, -0.1) is 0 Å². The van der Waals surface area contributed by atoms with Gasteiger partial charge in [0, 0.05) is 18.8 Å². The van der Waals surface area contributed by atoms with Gasteiger partial charge in [0.15, 0.2) is 0 Å². The normalized spacial score (nSPS) is 10.9. The first-order chi connectivity index (χ1) is 10.2. The van der Waals surface area contributed by atoms with E-state index in [2.05, 4.69) is 15.6 Å². The molecule has 3 N–H and O–H groups in total. The van der Waals surface area contributed by atoms with Gasteiger partial charge in [0.25, 0.3) is 0 Å². The van der Waals surface area contributed by atoms with E-state index in [1.807, 2.05) is 0 Å². The molecule has 0 aliphatic rings. The third-order valence-electron chi connectivity index (χ3n) is 2.53.